The number of imidazole rings is 1. The number of aryl methyl sites for hydroxylation is 2. The van der Waals surface area contributed by atoms with Crippen LogP contribution in [0.4, 0.5) is 5.82 Å². The molecule has 3 aromatic heterocycles. The van der Waals surface area contributed by atoms with Crippen LogP contribution in [0.15, 0.2) is 43.0 Å². The SMILES string of the molecule is CCc1cc(N2CCN(Cc3nccn3C)CC2)nc(-c2ccncc2)n1. The van der Waals surface area contributed by atoms with Crippen LogP contribution < -0.4 is 4.90 Å². The summed E-state index contributed by atoms with van der Waals surface area (Å²) < 4.78 is 2.09. The summed E-state index contributed by atoms with van der Waals surface area (Å²) in [6, 6.07) is 6.05. The first-order valence-electron chi connectivity index (χ1n) is 9.45. The zero-order chi connectivity index (χ0) is 18.6. The van der Waals surface area contributed by atoms with Crippen LogP contribution >= 0.6 is 0 Å². The molecule has 0 saturated carbocycles. The molecule has 0 bridgehead atoms. The second-order valence-electron chi connectivity index (χ2n) is 6.85. The molecule has 1 saturated heterocycles. The summed E-state index contributed by atoms with van der Waals surface area (Å²) in [5.74, 6) is 2.91. The van der Waals surface area contributed by atoms with E-state index in [2.05, 4.69) is 37.3 Å². The topological polar surface area (TPSA) is 63.0 Å². The van der Waals surface area contributed by atoms with E-state index in [1.54, 1.807) is 12.4 Å². The average Bonchev–Trinajstić information content (AvgIpc) is 3.13. The predicted octanol–water partition coefficient (Wildman–Crippen LogP) is 2.16. The molecule has 27 heavy (non-hydrogen) atoms. The Morgan fingerprint density at radius 1 is 1.00 bits per heavy atom. The van der Waals surface area contributed by atoms with Crippen LogP contribution in [0, 0.1) is 0 Å². The summed E-state index contributed by atoms with van der Waals surface area (Å²) in [4.78, 5) is 22.9. The highest BCUT2D eigenvalue weighted by atomic mass is 15.3. The van der Waals surface area contributed by atoms with Gasteiger partial charge in [-0.25, -0.2) is 15.0 Å². The van der Waals surface area contributed by atoms with Gasteiger partial charge < -0.3 is 9.47 Å². The Morgan fingerprint density at radius 2 is 1.78 bits per heavy atom. The molecule has 4 heterocycles. The fourth-order valence-corrected chi connectivity index (χ4v) is 3.34. The molecule has 0 amide bonds. The number of rotatable bonds is 5. The minimum Gasteiger partial charge on any atom is -0.354 e. The van der Waals surface area contributed by atoms with E-state index in [0.29, 0.717) is 0 Å². The third-order valence-corrected chi connectivity index (χ3v) is 5.05. The Balaban J connectivity index is 1.48. The highest BCUT2D eigenvalue weighted by molar-refractivity contribution is 5.57. The first-order chi connectivity index (χ1) is 13.2. The van der Waals surface area contributed by atoms with E-state index in [4.69, 9.17) is 9.97 Å². The molecule has 1 aliphatic rings. The monoisotopic (exact) mass is 363 g/mol. The molecule has 1 fully saturated rings. The number of anilines is 1. The van der Waals surface area contributed by atoms with Crippen molar-refractivity contribution < 1.29 is 0 Å². The first kappa shape index (κ1) is 17.6. The Labute approximate surface area is 159 Å². The molecule has 0 N–H and O–H groups in total. The third kappa shape index (κ3) is 3.98. The molecule has 0 atom stereocenters. The number of piperazine rings is 1. The third-order valence-electron chi connectivity index (χ3n) is 5.05. The molecule has 0 unspecified atom stereocenters. The van der Waals surface area contributed by atoms with Gasteiger partial charge in [0.05, 0.1) is 6.54 Å². The van der Waals surface area contributed by atoms with E-state index in [1.165, 1.54) is 0 Å². The van der Waals surface area contributed by atoms with Crippen molar-refractivity contribution >= 4 is 5.82 Å². The van der Waals surface area contributed by atoms with Gasteiger partial charge in [-0.3, -0.25) is 9.88 Å². The number of hydrogen-bond acceptors (Lipinski definition) is 6. The van der Waals surface area contributed by atoms with Crippen molar-refractivity contribution in [2.24, 2.45) is 7.05 Å². The lowest BCUT2D eigenvalue weighted by Gasteiger charge is -2.35. The number of aromatic nitrogens is 5. The van der Waals surface area contributed by atoms with Crippen molar-refractivity contribution in [2.45, 2.75) is 19.9 Å². The molecule has 0 radical (unpaired) electrons. The van der Waals surface area contributed by atoms with E-state index >= 15 is 0 Å². The molecule has 0 aliphatic carbocycles. The van der Waals surface area contributed by atoms with E-state index in [-0.39, 0.29) is 0 Å². The predicted molar refractivity (Wildman–Crippen MR) is 105 cm³/mol. The summed E-state index contributed by atoms with van der Waals surface area (Å²) >= 11 is 0. The van der Waals surface area contributed by atoms with Crippen molar-refractivity contribution in [3.05, 3.63) is 54.5 Å². The Hall–Kier alpha value is -2.80. The van der Waals surface area contributed by atoms with Gasteiger partial charge in [-0.05, 0) is 18.6 Å². The maximum Gasteiger partial charge on any atom is 0.161 e. The molecule has 1 aliphatic heterocycles. The van der Waals surface area contributed by atoms with Gasteiger partial charge in [0.2, 0.25) is 0 Å². The van der Waals surface area contributed by atoms with Gasteiger partial charge >= 0.3 is 0 Å². The van der Waals surface area contributed by atoms with E-state index in [0.717, 1.165) is 67.9 Å². The molecular weight excluding hydrogens is 338 g/mol. The molecule has 3 aromatic rings. The Bertz CT molecular complexity index is 882. The summed E-state index contributed by atoms with van der Waals surface area (Å²) in [6.07, 6.45) is 8.33. The number of hydrogen-bond donors (Lipinski definition) is 0. The van der Waals surface area contributed by atoms with Gasteiger partial charge in [-0.1, -0.05) is 6.92 Å². The maximum absolute atomic E-state index is 4.84. The smallest absolute Gasteiger partial charge is 0.161 e. The maximum atomic E-state index is 4.84. The molecule has 0 aromatic carbocycles. The average molecular weight is 363 g/mol. The van der Waals surface area contributed by atoms with Gasteiger partial charge in [-0.2, -0.15) is 0 Å². The quantitative estimate of drug-likeness (QED) is 0.692. The van der Waals surface area contributed by atoms with Gasteiger partial charge in [-0.15, -0.1) is 0 Å². The van der Waals surface area contributed by atoms with Crippen molar-refractivity contribution in [2.75, 3.05) is 31.1 Å². The van der Waals surface area contributed by atoms with Crippen molar-refractivity contribution in [1.82, 2.24) is 29.4 Å². The number of pyridine rings is 1. The lowest BCUT2D eigenvalue weighted by atomic mass is 10.2. The summed E-state index contributed by atoms with van der Waals surface area (Å²) in [5.41, 5.74) is 2.08. The minimum atomic E-state index is 0.780. The van der Waals surface area contributed by atoms with Crippen molar-refractivity contribution in [3.63, 3.8) is 0 Å². The first-order valence-corrected chi connectivity index (χ1v) is 9.45. The van der Waals surface area contributed by atoms with Crippen LogP contribution in [-0.2, 0) is 20.0 Å². The summed E-state index contributed by atoms with van der Waals surface area (Å²) in [5, 5.41) is 0. The highest BCUT2D eigenvalue weighted by Crippen LogP contribution is 2.21. The van der Waals surface area contributed by atoms with Gasteiger partial charge in [0, 0.05) is 75.3 Å². The molecule has 140 valence electrons. The van der Waals surface area contributed by atoms with Gasteiger partial charge in [0.15, 0.2) is 5.82 Å². The van der Waals surface area contributed by atoms with Gasteiger partial charge in [0.25, 0.3) is 0 Å². The second-order valence-corrected chi connectivity index (χ2v) is 6.85. The standard InChI is InChI=1S/C20H25N7/c1-3-17-14-18(24-20(23-17)16-4-6-21-7-5-16)27-12-10-26(11-13-27)15-19-22-8-9-25(19)2/h4-9,14H,3,10-13,15H2,1-2H3. The van der Waals surface area contributed by atoms with E-state index < -0.39 is 0 Å². The fraction of sp³-hybridized carbons (Fsp3) is 0.400. The zero-order valence-electron chi connectivity index (χ0n) is 15.9. The minimum absolute atomic E-state index is 0.780. The normalized spacial score (nSPS) is 15.3. The van der Waals surface area contributed by atoms with Crippen LogP contribution in [-0.4, -0.2) is 55.6 Å². The van der Waals surface area contributed by atoms with E-state index in [1.807, 2.05) is 31.6 Å². The molecule has 7 nitrogen and oxygen atoms in total. The highest BCUT2D eigenvalue weighted by Gasteiger charge is 2.20. The lowest BCUT2D eigenvalue weighted by Crippen LogP contribution is -2.46. The molecule has 7 heteroatoms. The van der Waals surface area contributed by atoms with E-state index in [9.17, 15) is 0 Å². The summed E-state index contributed by atoms with van der Waals surface area (Å²) in [7, 11) is 2.05. The fourth-order valence-electron chi connectivity index (χ4n) is 3.34. The van der Waals surface area contributed by atoms with Gasteiger partial charge in [0.1, 0.15) is 11.6 Å². The lowest BCUT2D eigenvalue weighted by molar-refractivity contribution is 0.241. The Kier molecular flexibility index (Phi) is 5.11. The Morgan fingerprint density at radius 3 is 2.44 bits per heavy atom. The number of nitrogens with zero attached hydrogens (tertiary/aromatic N) is 7. The largest absolute Gasteiger partial charge is 0.354 e. The van der Waals surface area contributed by atoms with Crippen molar-refractivity contribution in [3.8, 4) is 11.4 Å². The van der Waals surface area contributed by atoms with Crippen molar-refractivity contribution in [1.29, 1.82) is 0 Å². The van der Waals surface area contributed by atoms with Crippen LogP contribution in [0.25, 0.3) is 11.4 Å². The van der Waals surface area contributed by atoms with Crippen LogP contribution in [0.3, 0.4) is 0 Å². The zero-order valence-corrected chi connectivity index (χ0v) is 15.9. The van der Waals surface area contributed by atoms with Crippen LogP contribution in [0.5, 0.6) is 0 Å². The second kappa shape index (κ2) is 7.84. The van der Waals surface area contributed by atoms with Crippen LogP contribution in [0.1, 0.15) is 18.4 Å². The molecular formula is C20H25N7. The molecule has 0 spiro atoms. The molecule has 4 rings (SSSR count). The summed E-state index contributed by atoms with van der Waals surface area (Å²) in [6.45, 7) is 6.95. The van der Waals surface area contributed by atoms with Crippen LogP contribution in [0.2, 0.25) is 0 Å².